The summed E-state index contributed by atoms with van der Waals surface area (Å²) in [6.07, 6.45) is 4.00. The third kappa shape index (κ3) is 4.31. The predicted molar refractivity (Wildman–Crippen MR) is 118 cm³/mol. The first-order valence-electron chi connectivity index (χ1n) is 10.4. The van der Waals surface area contributed by atoms with Gasteiger partial charge in [0, 0.05) is 31.3 Å². The Balaban J connectivity index is 0.000000176. The zero-order valence-electron chi connectivity index (χ0n) is 18.0. The quantitative estimate of drug-likeness (QED) is 0.827. The highest BCUT2D eigenvalue weighted by atomic mass is 16.5. The minimum atomic E-state index is -0.486. The van der Waals surface area contributed by atoms with Gasteiger partial charge in [0.15, 0.2) is 0 Å². The van der Waals surface area contributed by atoms with Crippen LogP contribution in [0.25, 0.3) is 0 Å². The number of nitrogens with one attached hydrogen (secondary N) is 1. The Bertz CT molecular complexity index is 843. The number of nitrogens with two attached hydrogens (primary N) is 1. The summed E-state index contributed by atoms with van der Waals surface area (Å²) in [7, 11) is 3.40. The van der Waals surface area contributed by atoms with Crippen LogP contribution in [0.3, 0.4) is 0 Å². The number of anilines is 1. The molecule has 2 aromatic carbocycles. The van der Waals surface area contributed by atoms with Gasteiger partial charge < -0.3 is 20.7 Å². The number of benzene rings is 2. The van der Waals surface area contributed by atoms with E-state index in [1.54, 1.807) is 19.1 Å². The normalized spacial score (nSPS) is 20.0. The summed E-state index contributed by atoms with van der Waals surface area (Å²) in [5.41, 5.74) is 9.52. The number of rotatable bonds is 3. The molecular weight excluding hydrogens is 362 g/mol. The maximum atomic E-state index is 12.1. The Morgan fingerprint density at radius 2 is 1.93 bits per heavy atom. The third-order valence-electron chi connectivity index (χ3n) is 6.00. The third-order valence-corrected chi connectivity index (χ3v) is 6.00. The van der Waals surface area contributed by atoms with Gasteiger partial charge in [-0.25, -0.2) is 0 Å². The number of methoxy groups -OCH3 is 1. The Labute approximate surface area is 174 Å². The second-order valence-corrected chi connectivity index (χ2v) is 8.29. The van der Waals surface area contributed by atoms with E-state index in [1.807, 2.05) is 26.0 Å². The molecule has 1 saturated heterocycles. The fraction of sp³-hybridized carbons (Fsp3) is 0.458. The van der Waals surface area contributed by atoms with Crippen molar-refractivity contribution in [1.29, 1.82) is 0 Å². The molecule has 0 unspecified atom stereocenters. The fourth-order valence-electron chi connectivity index (χ4n) is 4.21. The van der Waals surface area contributed by atoms with Crippen LogP contribution in [0.15, 0.2) is 42.5 Å². The summed E-state index contributed by atoms with van der Waals surface area (Å²) in [6, 6.07) is 15.2. The van der Waals surface area contributed by atoms with Crippen molar-refractivity contribution >= 4 is 11.6 Å². The fourth-order valence-corrected chi connectivity index (χ4v) is 4.21. The highest BCUT2D eigenvalue weighted by molar-refractivity contribution is 6.07. The van der Waals surface area contributed by atoms with Crippen LogP contribution in [0, 0.1) is 0 Å². The van der Waals surface area contributed by atoms with E-state index >= 15 is 0 Å². The van der Waals surface area contributed by atoms with Crippen molar-refractivity contribution < 1.29 is 9.53 Å². The number of carbonyl (C=O) groups excluding carboxylic acids is 1. The number of likely N-dealkylation sites (N-methyl/N-ethyl adjacent to an activating group) is 1. The van der Waals surface area contributed by atoms with Crippen molar-refractivity contribution in [2.24, 2.45) is 5.73 Å². The maximum absolute atomic E-state index is 12.1. The largest absolute Gasteiger partial charge is 0.496 e. The van der Waals surface area contributed by atoms with E-state index in [9.17, 15) is 4.79 Å². The standard InChI is InChI=1S/C13H18N2O2.C11H15N/c1-13(2)9-5-8(7-14)11(17-4)6-10(9)15(3)12(13)16;1-2-6-10(7-3-1)11-8-4-5-9-12-11/h5-6H,7,14H2,1-4H3;1-3,6-7,11-12H,4-5,8-9H2/t;11-/m.1/s1. The Morgan fingerprint density at radius 3 is 2.52 bits per heavy atom. The predicted octanol–water partition coefficient (Wildman–Crippen LogP) is 3.91. The summed E-state index contributed by atoms with van der Waals surface area (Å²) in [4.78, 5) is 13.8. The van der Waals surface area contributed by atoms with Crippen LogP contribution in [0.5, 0.6) is 5.75 Å². The lowest BCUT2D eigenvalue weighted by atomic mass is 9.85. The van der Waals surface area contributed by atoms with Gasteiger partial charge in [0.25, 0.3) is 0 Å². The van der Waals surface area contributed by atoms with E-state index in [0.29, 0.717) is 12.6 Å². The average Bonchev–Trinajstić information content (AvgIpc) is 2.94. The second-order valence-electron chi connectivity index (χ2n) is 8.29. The van der Waals surface area contributed by atoms with Crippen LogP contribution in [0.4, 0.5) is 5.69 Å². The Kier molecular flexibility index (Phi) is 6.60. The lowest BCUT2D eigenvalue weighted by Crippen LogP contribution is -2.33. The first-order chi connectivity index (χ1) is 13.9. The van der Waals surface area contributed by atoms with Gasteiger partial charge >= 0.3 is 0 Å². The second kappa shape index (κ2) is 8.97. The van der Waals surface area contributed by atoms with Gasteiger partial charge in [-0.05, 0) is 50.4 Å². The van der Waals surface area contributed by atoms with Gasteiger partial charge in [0.2, 0.25) is 5.91 Å². The van der Waals surface area contributed by atoms with Crippen LogP contribution in [0.1, 0.15) is 55.8 Å². The molecule has 0 saturated carbocycles. The minimum absolute atomic E-state index is 0.101. The molecule has 3 N–H and O–H groups in total. The molecule has 1 atom stereocenters. The number of nitrogens with zero attached hydrogens (tertiary/aromatic N) is 1. The minimum Gasteiger partial charge on any atom is -0.496 e. The van der Waals surface area contributed by atoms with Gasteiger partial charge in [-0.3, -0.25) is 4.79 Å². The summed E-state index contributed by atoms with van der Waals surface area (Å²) in [5.74, 6) is 0.840. The van der Waals surface area contributed by atoms with Crippen molar-refractivity contribution in [3.8, 4) is 5.75 Å². The molecule has 1 amide bonds. The average molecular weight is 396 g/mol. The van der Waals surface area contributed by atoms with E-state index in [1.165, 1.54) is 31.4 Å². The number of hydrogen-bond acceptors (Lipinski definition) is 4. The van der Waals surface area contributed by atoms with Crippen molar-refractivity contribution in [2.45, 2.75) is 51.1 Å². The summed E-state index contributed by atoms with van der Waals surface area (Å²) >= 11 is 0. The summed E-state index contributed by atoms with van der Waals surface area (Å²) < 4.78 is 5.30. The number of amides is 1. The molecule has 0 spiro atoms. The lowest BCUT2D eigenvalue weighted by molar-refractivity contribution is -0.121. The van der Waals surface area contributed by atoms with Crippen LogP contribution < -0.4 is 20.7 Å². The van der Waals surface area contributed by atoms with Gasteiger partial charge in [-0.2, -0.15) is 0 Å². The zero-order valence-corrected chi connectivity index (χ0v) is 18.0. The molecule has 2 aliphatic rings. The summed E-state index contributed by atoms with van der Waals surface area (Å²) in [6.45, 7) is 5.46. The molecule has 4 rings (SSSR count). The van der Waals surface area contributed by atoms with Crippen molar-refractivity contribution in [1.82, 2.24) is 5.32 Å². The molecule has 156 valence electrons. The molecule has 5 heteroatoms. The van der Waals surface area contributed by atoms with E-state index in [0.717, 1.165) is 22.6 Å². The molecule has 0 bridgehead atoms. The van der Waals surface area contributed by atoms with Crippen LogP contribution in [-0.4, -0.2) is 26.6 Å². The monoisotopic (exact) mass is 395 g/mol. The van der Waals surface area contributed by atoms with Gasteiger partial charge in [0.1, 0.15) is 5.75 Å². The number of fused-ring (bicyclic) bond motifs is 1. The van der Waals surface area contributed by atoms with Crippen LogP contribution in [-0.2, 0) is 16.8 Å². The molecule has 0 aromatic heterocycles. The summed E-state index contributed by atoms with van der Waals surface area (Å²) in [5, 5.41) is 3.54. The Morgan fingerprint density at radius 1 is 1.21 bits per heavy atom. The molecule has 29 heavy (non-hydrogen) atoms. The van der Waals surface area contributed by atoms with Crippen LogP contribution >= 0.6 is 0 Å². The molecule has 5 nitrogen and oxygen atoms in total. The van der Waals surface area contributed by atoms with Gasteiger partial charge in [-0.1, -0.05) is 36.8 Å². The molecule has 2 aliphatic heterocycles. The number of carbonyl (C=O) groups is 1. The molecule has 2 aromatic rings. The zero-order chi connectivity index (χ0) is 21.0. The smallest absolute Gasteiger partial charge is 0.236 e. The van der Waals surface area contributed by atoms with Gasteiger partial charge in [0.05, 0.1) is 18.2 Å². The van der Waals surface area contributed by atoms with Crippen molar-refractivity contribution in [2.75, 3.05) is 25.6 Å². The molecule has 1 fully saturated rings. The Hall–Kier alpha value is -2.37. The highest BCUT2D eigenvalue weighted by Crippen LogP contribution is 2.43. The molecular formula is C24H33N3O2. The lowest BCUT2D eigenvalue weighted by Gasteiger charge is -2.23. The molecule has 0 aliphatic carbocycles. The van der Waals surface area contributed by atoms with E-state index in [-0.39, 0.29) is 5.91 Å². The van der Waals surface area contributed by atoms with E-state index in [4.69, 9.17) is 10.5 Å². The highest BCUT2D eigenvalue weighted by Gasteiger charge is 2.42. The number of ether oxygens (including phenoxy) is 1. The van der Waals surface area contributed by atoms with E-state index in [2.05, 4.69) is 35.6 Å². The van der Waals surface area contributed by atoms with Crippen LogP contribution in [0.2, 0.25) is 0 Å². The molecule has 0 radical (unpaired) electrons. The first-order valence-corrected chi connectivity index (χ1v) is 10.4. The topological polar surface area (TPSA) is 67.6 Å². The maximum Gasteiger partial charge on any atom is 0.236 e. The van der Waals surface area contributed by atoms with E-state index < -0.39 is 5.41 Å². The van der Waals surface area contributed by atoms with Crippen molar-refractivity contribution in [3.63, 3.8) is 0 Å². The first kappa shape index (κ1) is 21.3. The number of hydrogen-bond donors (Lipinski definition) is 2. The number of piperidine rings is 1. The van der Waals surface area contributed by atoms with Crippen molar-refractivity contribution in [3.05, 3.63) is 59.2 Å². The van der Waals surface area contributed by atoms with Gasteiger partial charge in [-0.15, -0.1) is 0 Å². The molecule has 2 heterocycles. The SMILES string of the molecule is COc1cc2c(cc1CN)C(C)(C)C(=O)N2C.c1ccc([C@H]2CCCCN2)cc1.